The lowest BCUT2D eigenvalue weighted by atomic mass is 9.97. The number of hydrogen-bond donors (Lipinski definition) is 1. The molecule has 0 radical (unpaired) electrons. The first kappa shape index (κ1) is 14.6. The Bertz CT molecular complexity index is 440. The average Bonchev–Trinajstić information content (AvgIpc) is 2.25. The standard InChI is InChI=1S/C15H23NO2/c1-9-7-10(2)13(5)15(12(9)4)16(6)11(3)8-14(17)18/h7,11H,8H2,1-6H3,(H,17,18). The van der Waals surface area contributed by atoms with E-state index in [2.05, 4.69) is 38.7 Å². The van der Waals surface area contributed by atoms with Crippen molar-refractivity contribution in [2.45, 2.75) is 47.1 Å². The molecule has 0 heterocycles. The molecule has 1 atom stereocenters. The van der Waals surface area contributed by atoms with Crippen LogP contribution in [0.15, 0.2) is 6.07 Å². The summed E-state index contributed by atoms with van der Waals surface area (Å²) in [5, 5.41) is 8.90. The van der Waals surface area contributed by atoms with Gasteiger partial charge in [0.2, 0.25) is 0 Å². The van der Waals surface area contributed by atoms with E-state index >= 15 is 0 Å². The third-order valence-electron chi connectivity index (χ3n) is 3.81. The van der Waals surface area contributed by atoms with Gasteiger partial charge in [-0.25, -0.2) is 0 Å². The average molecular weight is 249 g/mol. The first-order valence-corrected chi connectivity index (χ1v) is 6.27. The van der Waals surface area contributed by atoms with Crippen LogP contribution in [-0.2, 0) is 4.79 Å². The predicted octanol–water partition coefficient (Wildman–Crippen LogP) is 3.22. The Kier molecular flexibility index (Phi) is 4.38. The predicted molar refractivity (Wildman–Crippen MR) is 75.5 cm³/mol. The second-order valence-electron chi connectivity index (χ2n) is 5.17. The highest BCUT2D eigenvalue weighted by Gasteiger charge is 2.18. The van der Waals surface area contributed by atoms with Crippen LogP contribution < -0.4 is 4.90 Å². The topological polar surface area (TPSA) is 40.5 Å². The molecule has 0 saturated heterocycles. The number of nitrogens with zero attached hydrogens (tertiary/aromatic N) is 1. The van der Waals surface area contributed by atoms with Crippen LogP contribution in [0.2, 0.25) is 0 Å². The molecule has 1 aromatic carbocycles. The van der Waals surface area contributed by atoms with Crippen LogP contribution in [0, 0.1) is 27.7 Å². The lowest BCUT2D eigenvalue weighted by molar-refractivity contribution is -0.137. The van der Waals surface area contributed by atoms with Crippen LogP contribution in [-0.4, -0.2) is 24.2 Å². The van der Waals surface area contributed by atoms with Gasteiger partial charge in [-0.3, -0.25) is 4.79 Å². The Morgan fingerprint density at radius 3 is 2.06 bits per heavy atom. The molecule has 0 aliphatic carbocycles. The quantitative estimate of drug-likeness (QED) is 0.890. The van der Waals surface area contributed by atoms with Crippen molar-refractivity contribution < 1.29 is 9.90 Å². The molecule has 0 bridgehead atoms. The van der Waals surface area contributed by atoms with Crippen molar-refractivity contribution in [1.29, 1.82) is 0 Å². The van der Waals surface area contributed by atoms with E-state index in [1.807, 2.05) is 14.0 Å². The highest BCUT2D eigenvalue weighted by atomic mass is 16.4. The molecule has 0 aliphatic rings. The summed E-state index contributed by atoms with van der Waals surface area (Å²) in [7, 11) is 1.97. The Morgan fingerprint density at radius 1 is 1.22 bits per heavy atom. The molecule has 3 nitrogen and oxygen atoms in total. The SMILES string of the molecule is Cc1cc(C)c(C)c(N(C)C(C)CC(=O)O)c1C. The van der Waals surface area contributed by atoms with Gasteiger partial charge in [0.1, 0.15) is 0 Å². The van der Waals surface area contributed by atoms with E-state index in [4.69, 9.17) is 5.11 Å². The summed E-state index contributed by atoms with van der Waals surface area (Å²) in [6.07, 6.45) is 0.155. The third-order valence-corrected chi connectivity index (χ3v) is 3.81. The van der Waals surface area contributed by atoms with Gasteiger partial charge in [0.15, 0.2) is 0 Å². The molecule has 0 aromatic heterocycles. The number of carboxylic acids is 1. The van der Waals surface area contributed by atoms with E-state index in [1.165, 1.54) is 27.9 Å². The van der Waals surface area contributed by atoms with Crippen LogP contribution in [0.5, 0.6) is 0 Å². The molecule has 0 aliphatic heterocycles. The fraction of sp³-hybridized carbons (Fsp3) is 0.533. The molecule has 0 fully saturated rings. The van der Waals surface area contributed by atoms with Crippen LogP contribution in [0.25, 0.3) is 0 Å². The Balaban J connectivity index is 3.20. The van der Waals surface area contributed by atoms with Crippen molar-refractivity contribution in [3.63, 3.8) is 0 Å². The number of anilines is 1. The van der Waals surface area contributed by atoms with E-state index in [0.29, 0.717) is 0 Å². The summed E-state index contributed by atoms with van der Waals surface area (Å²) in [6, 6.07) is 2.17. The van der Waals surface area contributed by atoms with Crippen molar-refractivity contribution in [3.05, 3.63) is 28.3 Å². The van der Waals surface area contributed by atoms with Crippen molar-refractivity contribution in [2.75, 3.05) is 11.9 Å². The molecule has 1 N–H and O–H groups in total. The van der Waals surface area contributed by atoms with E-state index in [9.17, 15) is 4.79 Å². The molecule has 3 heteroatoms. The second kappa shape index (κ2) is 5.42. The van der Waals surface area contributed by atoms with Crippen LogP contribution in [0.3, 0.4) is 0 Å². The zero-order valence-electron chi connectivity index (χ0n) is 12.2. The van der Waals surface area contributed by atoms with Gasteiger partial charge < -0.3 is 10.0 Å². The lowest BCUT2D eigenvalue weighted by Gasteiger charge is -2.30. The van der Waals surface area contributed by atoms with Crippen molar-refractivity contribution in [2.24, 2.45) is 0 Å². The van der Waals surface area contributed by atoms with Gasteiger partial charge in [-0.2, -0.15) is 0 Å². The van der Waals surface area contributed by atoms with Crippen molar-refractivity contribution in [1.82, 2.24) is 0 Å². The van der Waals surface area contributed by atoms with E-state index in [1.54, 1.807) is 0 Å². The smallest absolute Gasteiger partial charge is 0.305 e. The lowest BCUT2D eigenvalue weighted by Crippen LogP contribution is -2.32. The van der Waals surface area contributed by atoms with Crippen LogP contribution >= 0.6 is 0 Å². The summed E-state index contributed by atoms with van der Waals surface area (Å²) in [6.45, 7) is 10.3. The minimum atomic E-state index is -0.756. The Hall–Kier alpha value is -1.51. The number of rotatable bonds is 4. The molecule has 18 heavy (non-hydrogen) atoms. The fourth-order valence-electron chi connectivity index (χ4n) is 2.34. The number of aryl methyl sites for hydroxylation is 2. The van der Waals surface area contributed by atoms with E-state index < -0.39 is 5.97 Å². The maximum Gasteiger partial charge on any atom is 0.305 e. The minimum Gasteiger partial charge on any atom is -0.481 e. The summed E-state index contributed by atoms with van der Waals surface area (Å²) < 4.78 is 0. The minimum absolute atomic E-state index is 0.0129. The number of aliphatic carboxylic acids is 1. The molecule has 100 valence electrons. The Labute approximate surface area is 109 Å². The highest BCUT2D eigenvalue weighted by Crippen LogP contribution is 2.30. The van der Waals surface area contributed by atoms with E-state index in [-0.39, 0.29) is 12.5 Å². The van der Waals surface area contributed by atoms with Gasteiger partial charge in [0, 0.05) is 18.8 Å². The van der Waals surface area contributed by atoms with Gasteiger partial charge >= 0.3 is 5.97 Å². The molecular formula is C15H23NO2. The number of carboxylic acid groups (broad SMARTS) is 1. The monoisotopic (exact) mass is 249 g/mol. The molecule has 1 aromatic rings. The summed E-state index contributed by atoms with van der Waals surface area (Å²) >= 11 is 0. The second-order valence-corrected chi connectivity index (χ2v) is 5.17. The highest BCUT2D eigenvalue weighted by molar-refractivity contribution is 5.70. The van der Waals surface area contributed by atoms with Crippen molar-refractivity contribution in [3.8, 4) is 0 Å². The maximum atomic E-state index is 10.8. The zero-order valence-corrected chi connectivity index (χ0v) is 12.2. The molecule has 0 amide bonds. The molecule has 1 unspecified atom stereocenters. The number of carbonyl (C=O) groups is 1. The zero-order chi connectivity index (χ0) is 14.0. The van der Waals surface area contributed by atoms with Crippen LogP contribution in [0.4, 0.5) is 5.69 Å². The van der Waals surface area contributed by atoms with Gasteiger partial charge in [-0.1, -0.05) is 6.07 Å². The number of hydrogen-bond acceptors (Lipinski definition) is 2. The molecule has 0 spiro atoms. The van der Waals surface area contributed by atoms with Gasteiger partial charge in [0.05, 0.1) is 6.42 Å². The normalized spacial score (nSPS) is 12.3. The maximum absolute atomic E-state index is 10.8. The van der Waals surface area contributed by atoms with Crippen molar-refractivity contribution >= 4 is 11.7 Å². The number of benzene rings is 1. The van der Waals surface area contributed by atoms with E-state index in [0.717, 1.165) is 0 Å². The van der Waals surface area contributed by atoms with Gasteiger partial charge in [-0.15, -0.1) is 0 Å². The van der Waals surface area contributed by atoms with Crippen LogP contribution in [0.1, 0.15) is 35.6 Å². The third kappa shape index (κ3) is 2.84. The summed E-state index contributed by atoms with van der Waals surface area (Å²) in [4.78, 5) is 12.9. The summed E-state index contributed by atoms with van der Waals surface area (Å²) in [5.74, 6) is -0.756. The summed E-state index contributed by atoms with van der Waals surface area (Å²) in [5.41, 5.74) is 6.14. The Morgan fingerprint density at radius 2 is 1.67 bits per heavy atom. The molecule has 0 saturated carbocycles. The molecular weight excluding hydrogens is 226 g/mol. The first-order chi connectivity index (χ1) is 8.25. The first-order valence-electron chi connectivity index (χ1n) is 6.27. The van der Waals surface area contributed by atoms with Gasteiger partial charge in [0.25, 0.3) is 0 Å². The molecule has 1 rings (SSSR count). The van der Waals surface area contributed by atoms with Gasteiger partial charge in [-0.05, 0) is 56.9 Å². The fourth-order valence-corrected chi connectivity index (χ4v) is 2.34. The largest absolute Gasteiger partial charge is 0.481 e.